The topological polar surface area (TPSA) is 186 Å². The second kappa shape index (κ2) is 10.8. The Bertz CT molecular complexity index is 1330. The van der Waals surface area contributed by atoms with Gasteiger partial charge in [-0.2, -0.15) is 0 Å². The van der Waals surface area contributed by atoms with Gasteiger partial charge in [0.2, 0.25) is 5.78 Å². The van der Waals surface area contributed by atoms with Gasteiger partial charge in [-0.3, -0.25) is 14.4 Å². The quantitative estimate of drug-likeness (QED) is 0.282. The van der Waals surface area contributed by atoms with E-state index in [0.29, 0.717) is 0 Å². The minimum absolute atomic E-state index is 0. The Morgan fingerprint density at radius 1 is 1.10 bits per heavy atom. The third-order valence-corrected chi connectivity index (χ3v) is 7.71. The molecule has 2 aliphatic carbocycles. The summed E-state index contributed by atoms with van der Waals surface area (Å²) in [4.78, 5) is 39.6. The zero-order chi connectivity index (χ0) is 27.5. The first kappa shape index (κ1) is 28.9. The fourth-order valence-corrected chi connectivity index (χ4v) is 5.73. The highest BCUT2D eigenvalue weighted by atomic mass is 35.5. The molecule has 0 saturated carbocycles. The van der Waals surface area contributed by atoms with Crippen LogP contribution in [0.15, 0.2) is 18.2 Å². The summed E-state index contributed by atoms with van der Waals surface area (Å²) >= 11 is 0. The average Bonchev–Trinajstić information content (AvgIpc) is 2.90. The van der Waals surface area contributed by atoms with Crippen LogP contribution in [0.4, 0.5) is 0 Å². The summed E-state index contributed by atoms with van der Waals surface area (Å²) in [6.07, 6.45) is -3.54. The zero-order valence-corrected chi connectivity index (χ0v) is 22.1. The van der Waals surface area contributed by atoms with Gasteiger partial charge in [0.1, 0.15) is 23.9 Å². The maximum atomic E-state index is 13.6. The molecule has 2 aromatic rings. The lowest BCUT2D eigenvalue weighted by molar-refractivity contribution is -0.243. The van der Waals surface area contributed by atoms with Crippen LogP contribution in [0.1, 0.15) is 68.8 Å². The highest BCUT2D eigenvalue weighted by Gasteiger charge is 2.45. The van der Waals surface area contributed by atoms with E-state index in [1.165, 1.54) is 25.3 Å². The van der Waals surface area contributed by atoms with Crippen LogP contribution in [0, 0.1) is 5.92 Å². The smallest absolute Gasteiger partial charge is 0.202 e. The predicted octanol–water partition coefficient (Wildman–Crippen LogP) is 1.31. The van der Waals surface area contributed by atoms with Crippen LogP contribution in [-0.4, -0.2) is 76.0 Å². The number of phenols is 2. The van der Waals surface area contributed by atoms with E-state index in [4.69, 9.17) is 19.9 Å². The molecule has 3 aliphatic rings. The van der Waals surface area contributed by atoms with Gasteiger partial charge in [-0.25, -0.2) is 0 Å². The minimum atomic E-state index is -1.06. The number of nitrogens with two attached hydrogens (primary N) is 1. The summed E-state index contributed by atoms with van der Waals surface area (Å²) in [5.41, 5.74) is 5.39. The molecule has 0 bridgehead atoms. The van der Waals surface area contributed by atoms with Crippen molar-refractivity contribution < 1.29 is 49.0 Å². The van der Waals surface area contributed by atoms with Gasteiger partial charge in [0.25, 0.3) is 0 Å². The van der Waals surface area contributed by atoms with Crippen LogP contribution in [0.25, 0.3) is 0 Å². The summed E-state index contributed by atoms with van der Waals surface area (Å²) in [6.45, 7) is 0.880. The van der Waals surface area contributed by atoms with Gasteiger partial charge >= 0.3 is 0 Å². The van der Waals surface area contributed by atoms with Crippen molar-refractivity contribution in [2.24, 2.45) is 11.7 Å². The van der Waals surface area contributed by atoms with E-state index in [-0.39, 0.29) is 70.8 Å². The van der Waals surface area contributed by atoms with Crippen LogP contribution in [0.2, 0.25) is 0 Å². The number of phenolic OH excluding ortho intramolecular Hbond substituents is 2. The third kappa shape index (κ3) is 4.58. The van der Waals surface area contributed by atoms with Gasteiger partial charge < -0.3 is 40.4 Å². The first-order valence-corrected chi connectivity index (χ1v) is 12.3. The van der Waals surface area contributed by atoms with Crippen LogP contribution < -0.4 is 10.5 Å². The van der Waals surface area contributed by atoms with Crippen LogP contribution in [0.5, 0.6) is 17.2 Å². The number of carbonyl (C=O) groups excluding carboxylic acids is 3. The summed E-state index contributed by atoms with van der Waals surface area (Å²) < 4.78 is 17.2. The van der Waals surface area contributed by atoms with Gasteiger partial charge in [-0.15, -0.1) is 12.4 Å². The molecule has 11 nitrogen and oxygen atoms in total. The number of aliphatic hydroxyl groups is 2. The maximum absolute atomic E-state index is 13.6. The van der Waals surface area contributed by atoms with Crippen molar-refractivity contribution in [3.63, 3.8) is 0 Å². The summed E-state index contributed by atoms with van der Waals surface area (Å²) in [5, 5.41) is 42.4. The maximum Gasteiger partial charge on any atom is 0.202 e. The molecule has 0 radical (unpaired) electrons. The molecule has 1 fully saturated rings. The molecule has 0 unspecified atom stereocenters. The molecule has 6 N–H and O–H groups in total. The number of halogens is 1. The van der Waals surface area contributed by atoms with Crippen molar-refractivity contribution >= 4 is 29.8 Å². The summed E-state index contributed by atoms with van der Waals surface area (Å²) in [6, 6.07) is 3.83. The second-order valence-electron chi connectivity index (χ2n) is 9.93. The Labute approximate surface area is 229 Å². The van der Waals surface area contributed by atoms with Crippen LogP contribution in [-0.2, 0) is 20.7 Å². The van der Waals surface area contributed by atoms with E-state index in [1.807, 2.05) is 0 Å². The van der Waals surface area contributed by atoms with Crippen molar-refractivity contribution in [2.45, 2.75) is 56.8 Å². The van der Waals surface area contributed by atoms with Gasteiger partial charge in [-0.1, -0.05) is 12.1 Å². The van der Waals surface area contributed by atoms with E-state index < -0.39 is 72.0 Å². The average molecular weight is 564 g/mol. The third-order valence-electron chi connectivity index (χ3n) is 7.71. The minimum Gasteiger partial charge on any atom is -0.507 e. The number of aliphatic hydroxyl groups excluding tert-OH is 2. The molecular formula is C27H30ClNO10. The molecule has 2 aromatic carbocycles. The van der Waals surface area contributed by atoms with Crippen molar-refractivity contribution in [3.05, 3.63) is 51.6 Å². The zero-order valence-electron chi connectivity index (χ0n) is 21.2. The number of rotatable bonds is 5. The second-order valence-corrected chi connectivity index (χ2v) is 9.93. The molecule has 6 atom stereocenters. The number of Topliss-reactive ketones (excluding diaryl/α,β-unsaturated/α-hetero) is 1. The SMILES string of the molecule is COc1cccc2c1C(=O)c1c(O)c3c(c(O)c1C2=O)C[C@@H](C(=O)CO)C[C@@H]3O[C@H]1C[C@H](N)[C@H](O)[C@H](C)O1.Cl. The van der Waals surface area contributed by atoms with E-state index >= 15 is 0 Å². The molecule has 0 amide bonds. The van der Waals surface area contributed by atoms with Gasteiger partial charge in [0.15, 0.2) is 17.9 Å². The van der Waals surface area contributed by atoms with Gasteiger partial charge in [0, 0.05) is 35.1 Å². The number of hydrogen-bond acceptors (Lipinski definition) is 11. The van der Waals surface area contributed by atoms with Crippen molar-refractivity contribution in [1.82, 2.24) is 0 Å². The van der Waals surface area contributed by atoms with Crippen LogP contribution in [0.3, 0.4) is 0 Å². The highest BCUT2D eigenvalue weighted by Crippen LogP contribution is 2.51. The Hall–Kier alpha value is -3.06. The lowest BCUT2D eigenvalue weighted by atomic mass is 9.73. The summed E-state index contributed by atoms with van der Waals surface area (Å²) in [7, 11) is 1.35. The summed E-state index contributed by atoms with van der Waals surface area (Å²) in [5.74, 6) is -3.64. The van der Waals surface area contributed by atoms with E-state index in [9.17, 15) is 34.8 Å². The van der Waals surface area contributed by atoms with Crippen molar-refractivity contribution in [3.8, 4) is 17.2 Å². The number of ether oxygens (including phenoxy) is 3. The Balaban J connectivity index is 0.00000353. The Morgan fingerprint density at radius 2 is 1.79 bits per heavy atom. The normalized spacial score (nSPS) is 27.6. The first-order valence-electron chi connectivity index (χ1n) is 12.3. The lowest BCUT2D eigenvalue weighted by Gasteiger charge is -2.40. The van der Waals surface area contributed by atoms with Crippen LogP contribution >= 0.6 is 12.4 Å². The van der Waals surface area contributed by atoms with Crippen molar-refractivity contribution in [1.29, 1.82) is 0 Å². The molecular weight excluding hydrogens is 534 g/mol. The Morgan fingerprint density at radius 3 is 2.44 bits per heavy atom. The number of carbonyl (C=O) groups is 3. The molecule has 0 aromatic heterocycles. The molecule has 39 heavy (non-hydrogen) atoms. The lowest BCUT2D eigenvalue weighted by Crippen LogP contribution is -2.52. The largest absolute Gasteiger partial charge is 0.507 e. The standard InChI is InChI=1S/C27H29NO10.ClH/c1-10-23(31)14(28)8-18(37-10)38-17-7-11(15(30)9-29)6-13-20(17)27(35)22-21(25(13)33)24(32)12-4-3-5-16(36-2)19(12)26(22)34;/h3-5,10-11,14,17-18,23,29,31,33,35H,6-9,28H2,1-2H3;1H/t10-,11+,14-,17-,18-,23+;/m0./s1. The number of methoxy groups -OCH3 is 1. The molecule has 12 heteroatoms. The monoisotopic (exact) mass is 563 g/mol. The fraction of sp³-hybridized carbons (Fsp3) is 0.444. The first-order chi connectivity index (χ1) is 18.1. The van der Waals surface area contributed by atoms with E-state index in [1.54, 1.807) is 6.92 Å². The number of aromatic hydroxyl groups is 2. The number of ketones is 3. The number of hydrogen-bond donors (Lipinski definition) is 5. The molecule has 1 heterocycles. The number of benzene rings is 2. The molecule has 5 rings (SSSR count). The molecule has 1 saturated heterocycles. The van der Waals surface area contributed by atoms with Gasteiger partial charge in [-0.05, 0) is 25.8 Å². The number of fused-ring (bicyclic) bond motifs is 3. The van der Waals surface area contributed by atoms with Gasteiger partial charge in [0.05, 0.1) is 42.1 Å². The highest BCUT2D eigenvalue weighted by molar-refractivity contribution is 6.31. The van der Waals surface area contributed by atoms with E-state index in [0.717, 1.165) is 0 Å². The fourth-order valence-electron chi connectivity index (χ4n) is 5.73. The van der Waals surface area contributed by atoms with E-state index in [2.05, 4.69) is 0 Å². The van der Waals surface area contributed by atoms with Crippen molar-refractivity contribution in [2.75, 3.05) is 13.7 Å². The molecule has 1 aliphatic heterocycles. The molecule has 0 spiro atoms. The predicted molar refractivity (Wildman–Crippen MR) is 138 cm³/mol. The molecule has 210 valence electrons. The Kier molecular flexibility index (Phi) is 8.04.